The van der Waals surface area contributed by atoms with Crippen molar-refractivity contribution in [2.24, 2.45) is 11.3 Å². The average Bonchev–Trinajstić information content (AvgIpc) is 2.88. The Morgan fingerprint density at radius 3 is 2.65 bits per heavy atom. The average molecular weight is 318 g/mol. The van der Waals surface area contributed by atoms with Crippen LogP contribution in [0.15, 0.2) is 18.2 Å². The van der Waals surface area contributed by atoms with Gasteiger partial charge >= 0.3 is 0 Å². The summed E-state index contributed by atoms with van der Waals surface area (Å²) in [6, 6.07) is 5.79. The third-order valence-electron chi connectivity index (χ3n) is 4.53. The van der Waals surface area contributed by atoms with Crippen LogP contribution in [0.4, 0.5) is 5.69 Å². The second kappa shape index (κ2) is 7.35. The van der Waals surface area contributed by atoms with E-state index in [9.17, 15) is 9.90 Å². The maximum atomic E-state index is 12.5. The van der Waals surface area contributed by atoms with E-state index >= 15 is 0 Å². The Balaban J connectivity index is 1.99. The SMILES string of the molecule is Cc1c(NCC(C)(C)C)cccc1C(=O)NCC1CCCC1O. The first kappa shape index (κ1) is 17.8. The lowest BCUT2D eigenvalue weighted by Crippen LogP contribution is -2.33. The summed E-state index contributed by atoms with van der Waals surface area (Å²) in [7, 11) is 0. The van der Waals surface area contributed by atoms with Gasteiger partial charge in [-0.2, -0.15) is 0 Å². The van der Waals surface area contributed by atoms with E-state index in [-0.39, 0.29) is 23.3 Å². The molecule has 0 heterocycles. The molecule has 2 rings (SSSR count). The number of rotatable bonds is 5. The van der Waals surface area contributed by atoms with Crippen LogP contribution in [0, 0.1) is 18.3 Å². The zero-order valence-electron chi connectivity index (χ0n) is 14.8. The fraction of sp³-hybridized carbons (Fsp3) is 0.632. The van der Waals surface area contributed by atoms with E-state index in [4.69, 9.17) is 0 Å². The Bertz CT molecular complexity index is 549. The van der Waals surface area contributed by atoms with Crippen LogP contribution < -0.4 is 10.6 Å². The smallest absolute Gasteiger partial charge is 0.251 e. The molecule has 2 unspecified atom stereocenters. The highest BCUT2D eigenvalue weighted by atomic mass is 16.3. The Hall–Kier alpha value is -1.55. The van der Waals surface area contributed by atoms with Crippen molar-refractivity contribution in [3.8, 4) is 0 Å². The second-order valence-electron chi connectivity index (χ2n) is 7.86. The van der Waals surface area contributed by atoms with Crippen LogP contribution in [0.3, 0.4) is 0 Å². The molecule has 1 amide bonds. The Morgan fingerprint density at radius 2 is 2.04 bits per heavy atom. The van der Waals surface area contributed by atoms with Crippen molar-refractivity contribution in [3.63, 3.8) is 0 Å². The molecule has 0 spiro atoms. The van der Waals surface area contributed by atoms with Crippen molar-refractivity contribution in [3.05, 3.63) is 29.3 Å². The number of hydrogen-bond acceptors (Lipinski definition) is 3. The zero-order chi connectivity index (χ0) is 17.0. The van der Waals surface area contributed by atoms with Crippen LogP contribution >= 0.6 is 0 Å². The number of carbonyl (C=O) groups excluding carboxylic acids is 1. The summed E-state index contributed by atoms with van der Waals surface area (Å²) in [4.78, 5) is 12.5. The van der Waals surface area contributed by atoms with E-state index in [1.54, 1.807) is 0 Å². The van der Waals surface area contributed by atoms with Crippen molar-refractivity contribution < 1.29 is 9.90 Å². The number of aliphatic hydroxyl groups is 1. The molecular formula is C19H30N2O2. The Kier molecular flexibility index (Phi) is 5.69. The summed E-state index contributed by atoms with van der Waals surface area (Å²) in [5.74, 6) is 0.141. The molecule has 1 saturated carbocycles. The van der Waals surface area contributed by atoms with Gasteiger partial charge in [0.25, 0.3) is 5.91 Å². The molecule has 0 aliphatic heterocycles. The van der Waals surface area contributed by atoms with E-state index in [2.05, 4.69) is 31.4 Å². The van der Waals surface area contributed by atoms with E-state index in [0.29, 0.717) is 12.1 Å². The molecule has 1 fully saturated rings. The highest BCUT2D eigenvalue weighted by Crippen LogP contribution is 2.25. The number of anilines is 1. The van der Waals surface area contributed by atoms with Gasteiger partial charge in [0.1, 0.15) is 0 Å². The molecular weight excluding hydrogens is 288 g/mol. The molecule has 23 heavy (non-hydrogen) atoms. The van der Waals surface area contributed by atoms with Crippen LogP contribution in [0.25, 0.3) is 0 Å². The van der Waals surface area contributed by atoms with Gasteiger partial charge in [0.2, 0.25) is 0 Å². The van der Waals surface area contributed by atoms with E-state index in [1.165, 1.54) is 0 Å². The number of benzene rings is 1. The summed E-state index contributed by atoms with van der Waals surface area (Å²) in [5, 5.41) is 16.3. The Morgan fingerprint density at radius 1 is 1.30 bits per heavy atom. The maximum Gasteiger partial charge on any atom is 0.251 e. The quantitative estimate of drug-likeness (QED) is 0.780. The number of nitrogens with one attached hydrogen (secondary N) is 2. The summed E-state index contributed by atoms with van der Waals surface area (Å²) < 4.78 is 0. The van der Waals surface area contributed by atoms with Crippen molar-refractivity contribution in [2.75, 3.05) is 18.4 Å². The van der Waals surface area contributed by atoms with Crippen molar-refractivity contribution in [2.45, 2.75) is 53.1 Å². The highest BCUT2D eigenvalue weighted by molar-refractivity contribution is 5.97. The van der Waals surface area contributed by atoms with E-state index < -0.39 is 0 Å². The first-order chi connectivity index (χ1) is 10.8. The van der Waals surface area contributed by atoms with Crippen molar-refractivity contribution >= 4 is 11.6 Å². The van der Waals surface area contributed by atoms with Crippen LogP contribution in [0.5, 0.6) is 0 Å². The van der Waals surface area contributed by atoms with Crippen LogP contribution in [-0.2, 0) is 0 Å². The fourth-order valence-corrected chi connectivity index (χ4v) is 3.01. The molecule has 1 aliphatic rings. The standard InChI is InChI=1S/C19H30N2O2/c1-13-15(8-6-9-16(13)21-12-19(2,3)4)18(23)20-11-14-7-5-10-17(14)22/h6,8-9,14,17,21-22H,5,7,10-12H2,1-4H3,(H,20,23). The van der Waals surface area contributed by atoms with Gasteiger partial charge in [0.15, 0.2) is 0 Å². The topological polar surface area (TPSA) is 61.4 Å². The first-order valence-electron chi connectivity index (χ1n) is 8.58. The largest absolute Gasteiger partial charge is 0.393 e. The van der Waals surface area contributed by atoms with Gasteiger partial charge in [-0.05, 0) is 42.9 Å². The minimum Gasteiger partial charge on any atom is -0.393 e. The predicted octanol–water partition coefficient (Wildman–Crippen LogP) is 3.34. The highest BCUT2D eigenvalue weighted by Gasteiger charge is 2.25. The predicted molar refractivity (Wildman–Crippen MR) is 94.8 cm³/mol. The monoisotopic (exact) mass is 318 g/mol. The van der Waals surface area contributed by atoms with E-state index in [0.717, 1.165) is 37.1 Å². The van der Waals surface area contributed by atoms with Crippen LogP contribution in [0.1, 0.15) is 56.0 Å². The van der Waals surface area contributed by atoms with Gasteiger partial charge in [-0.1, -0.05) is 33.3 Å². The normalized spacial score (nSPS) is 21.3. The van der Waals surface area contributed by atoms with Gasteiger partial charge in [0.05, 0.1) is 6.10 Å². The van der Waals surface area contributed by atoms with Gasteiger partial charge in [-0.25, -0.2) is 0 Å². The summed E-state index contributed by atoms with van der Waals surface area (Å²) in [6.45, 7) is 9.92. The minimum absolute atomic E-state index is 0.0546. The molecule has 4 nitrogen and oxygen atoms in total. The van der Waals surface area contributed by atoms with Gasteiger partial charge in [-0.15, -0.1) is 0 Å². The summed E-state index contributed by atoms with van der Waals surface area (Å²) >= 11 is 0. The molecule has 3 N–H and O–H groups in total. The molecule has 0 saturated heterocycles. The third-order valence-corrected chi connectivity index (χ3v) is 4.53. The molecule has 1 aromatic carbocycles. The second-order valence-corrected chi connectivity index (χ2v) is 7.86. The van der Waals surface area contributed by atoms with Crippen LogP contribution in [0.2, 0.25) is 0 Å². The lowest BCUT2D eigenvalue weighted by atomic mass is 9.96. The Labute approximate surface area is 139 Å². The lowest BCUT2D eigenvalue weighted by Gasteiger charge is -2.21. The lowest BCUT2D eigenvalue weighted by molar-refractivity contribution is 0.0916. The zero-order valence-corrected chi connectivity index (χ0v) is 14.8. The number of aliphatic hydroxyl groups excluding tert-OH is 1. The molecule has 0 aromatic heterocycles. The molecule has 2 atom stereocenters. The van der Waals surface area contributed by atoms with Gasteiger partial charge in [-0.3, -0.25) is 4.79 Å². The number of hydrogen-bond donors (Lipinski definition) is 3. The van der Waals surface area contributed by atoms with Gasteiger partial charge in [0, 0.05) is 30.3 Å². The molecule has 0 bridgehead atoms. The molecule has 1 aromatic rings. The van der Waals surface area contributed by atoms with Gasteiger partial charge < -0.3 is 15.7 Å². The van der Waals surface area contributed by atoms with Crippen LogP contribution in [-0.4, -0.2) is 30.2 Å². The number of carbonyl (C=O) groups is 1. The maximum absolute atomic E-state index is 12.5. The third kappa shape index (κ3) is 4.96. The molecule has 1 aliphatic carbocycles. The van der Waals surface area contributed by atoms with Crippen molar-refractivity contribution in [1.82, 2.24) is 5.32 Å². The number of amides is 1. The van der Waals surface area contributed by atoms with Crippen molar-refractivity contribution in [1.29, 1.82) is 0 Å². The van der Waals surface area contributed by atoms with E-state index in [1.807, 2.05) is 25.1 Å². The molecule has 128 valence electrons. The first-order valence-corrected chi connectivity index (χ1v) is 8.58. The minimum atomic E-state index is -0.267. The fourth-order valence-electron chi connectivity index (χ4n) is 3.01. The summed E-state index contributed by atoms with van der Waals surface area (Å²) in [5.41, 5.74) is 2.87. The molecule has 4 heteroatoms. The molecule has 0 radical (unpaired) electrons. The summed E-state index contributed by atoms with van der Waals surface area (Å²) in [6.07, 6.45) is 2.63.